The van der Waals surface area contributed by atoms with E-state index in [2.05, 4.69) is 16.0 Å². The van der Waals surface area contributed by atoms with Gasteiger partial charge in [0.05, 0.1) is 12.6 Å². The molecule has 0 saturated heterocycles. The van der Waals surface area contributed by atoms with Gasteiger partial charge in [0.25, 0.3) is 0 Å². The van der Waals surface area contributed by atoms with Gasteiger partial charge < -0.3 is 10.1 Å². The molecule has 6 nitrogen and oxygen atoms in total. The summed E-state index contributed by atoms with van der Waals surface area (Å²) in [5, 5.41) is 7.98. The van der Waals surface area contributed by atoms with Crippen LogP contribution in [-0.2, 0) is 4.79 Å². The highest BCUT2D eigenvalue weighted by Gasteiger charge is 2.18. The number of nitrogens with one attached hydrogen (secondary N) is 3. The Morgan fingerprint density at radius 2 is 1.95 bits per heavy atom. The molecule has 0 spiro atoms. The molecule has 2 atom stereocenters. The van der Waals surface area contributed by atoms with Crippen LogP contribution in [0, 0.1) is 0 Å². The van der Waals surface area contributed by atoms with E-state index >= 15 is 0 Å². The van der Waals surface area contributed by atoms with E-state index in [1.807, 2.05) is 38.1 Å². The monoisotopic (exact) mass is 307 g/mol. The van der Waals surface area contributed by atoms with Crippen LogP contribution < -0.4 is 20.7 Å². The highest BCUT2D eigenvalue weighted by molar-refractivity contribution is 5.96. The second-order valence-corrected chi connectivity index (χ2v) is 4.96. The maximum atomic E-state index is 11.9. The summed E-state index contributed by atoms with van der Waals surface area (Å²) in [6.45, 7) is 8.48. The summed E-state index contributed by atoms with van der Waals surface area (Å²) in [6, 6.07) is 6.70. The van der Waals surface area contributed by atoms with Gasteiger partial charge in [-0.05, 0) is 45.4 Å². The lowest BCUT2D eigenvalue weighted by Crippen LogP contribution is -2.48. The molecule has 6 heteroatoms. The SMILES string of the molecule is CCNC(=O)NC(=O)[C@H](C)N[C@H](C)c1cccc(OCC)c1. The number of amides is 3. The number of carbonyl (C=O) groups is 2. The number of hydrogen-bond donors (Lipinski definition) is 3. The molecular formula is C16H25N3O3. The topological polar surface area (TPSA) is 79.5 Å². The van der Waals surface area contributed by atoms with Crippen molar-refractivity contribution >= 4 is 11.9 Å². The summed E-state index contributed by atoms with van der Waals surface area (Å²) in [5.41, 5.74) is 1.02. The van der Waals surface area contributed by atoms with Crippen LogP contribution in [0.25, 0.3) is 0 Å². The van der Waals surface area contributed by atoms with Crippen molar-refractivity contribution < 1.29 is 14.3 Å². The molecule has 1 rings (SSSR count). The van der Waals surface area contributed by atoms with Crippen LogP contribution in [0.3, 0.4) is 0 Å². The quantitative estimate of drug-likeness (QED) is 0.719. The highest BCUT2D eigenvalue weighted by Crippen LogP contribution is 2.19. The normalized spacial score (nSPS) is 13.1. The van der Waals surface area contributed by atoms with Gasteiger partial charge in [0.2, 0.25) is 5.91 Å². The molecule has 1 aromatic carbocycles. The van der Waals surface area contributed by atoms with Crippen molar-refractivity contribution in [2.75, 3.05) is 13.2 Å². The van der Waals surface area contributed by atoms with Gasteiger partial charge >= 0.3 is 6.03 Å². The van der Waals surface area contributed by atoms with Gasteiger partial charge in [0, 0.05) is 12.6 Å². The summed E-state index contributed by atoms with van der Waals surface area (Å²) in [5.74, 6) is 0.437. The van der Waals surface area contributed by atoms with Crippen molar-refractivity contribution in [2.45, 2.75) is 39.8 Å². The summed E-state index contributed by atoms with van der Waals surface area (Å²) in [6.07, 6.45) is 0. The largest absolute Gasteiger partial charge is 0.494 e. The Kier molecular flexibility index (Phi) is 7.39. The van der Waals surface area contributed by atoms with Crippen LogP contribution in [0.5, 0.6) is 5.75 Å². The Balaban J connectivity index is 2.59. The van der Waals surface area contributed by atoms with E-state index in [0.29, 0.717) is 13.2 Å². The maximum absolute atomic E-state index is 11.9. The lowest BCUT2D eigenvalue weighted by molar-refractivity contribution is -0.121. The zero-order valence-electron chi connectivity index (χ0n) is 13.6. The van der Waals surface area contributed by atoms with Crippen molar-refractivity contribution in [1.82, 2.24) is 16.0 Å². The molecule has 0 aliphatic carbocycles. The number of ether oxygens (including phenoxy) is 1. The number of benzene rings is 1. The molecule has 0 saturated carbocycles. The fourth-order valence-electron chi connectivity index (χ4n) is 2.01. The van der Waals surface area contributed by atoms with Crippen molar-refractivity contribution in [3.63, 3.8) is 0 Å². The Hall–Kier alpha value is -2.08. The molecule has 3 N–H and O–H groups in total. The third-order valence-corrected chi connectivity index (χ3v) is 3.14. The molecule has 0 heterocycles. The predicted octanol–water partition coefficient (Wildman–Crippen LogP) is 1.97. The van der Waals surface area contributed by atoms with Crippen molar-refractivity contribution in [3.05, 3.63) is 29.8 Å². The second-order valence-electron chi connectivity index (χ2n) is 4.96. The lowest BCUT2D eigenvalue weighted by Gasteiger charge is -2.20. The predicted molar refractivity (Wildman–Crippen MR) is 85.8 cm³/mol. The molecule has 0 aliphatic heterocycles. The summed E-state index contributed by atoms with van der Waals surface area (Å²) >= 11 is 0. The van der Waals surface area contributed by atoms with Gasteiger partial charge in [-0.1, -0.05) is 12.1 Å². The van der Waals surface area contributed by atoms with Gasteiger partial charge in [0.15, 0.2) is 0 Å². The number of rotatable bonds is 7. The lowest BCUT2D eigenvalue weighted by atomic mass is 10.1. The maximum Gasteiger partial charge on any atom is 0.321 e. The molecule has 3 amide bonds. The molecule has 122 valence electrons. The van der Waals surface area contributed by atoms with Crippen LogP contribution in [0.15, 0.2) is 24.3 Å². The first-order chi connectivity index (χ1) is 10.5. The molecule has 0 aliphatic rings. The van der Waals surface area contributed by atoms with E-state index in [-0.39, 0.29) is 11.9 Å². The molecule has 0 bridgehead atoms. The average Bonchev–Trinajstić information content (AvgIpc) is 2.48. The zero-order valence-corrected chi connectivity index (χ0v) is 13.6. The van der Waals surface area contributed by atoms with Crippen LogP contribution >= 0.6 is 0 Å². The smallest absolute Gasteiger partial charge is 0.321 e. The van der Waals surface area contributed by atoms with Gasteiger partial charge in [0.1, 0.15) is 5.75 Å². The summed E-state index contributed by atoms with van der Waals surface area (Å²) in [4.78, 5) is 23.2. The number of urea groups is 1. The molecule has 0 radical (unpaired) electrons. The Morgan fingerprint density at radius 3 is 2.59 bits per heavy atom. The van der Waals surface area contributed by atoms with Crippen molar-refractivity contribution in [2.24, 2.45) is 0 Å². The van der Waals surface area contributed by atoms with Gasteiger partial charge in [-0.2, -0.15) is 0 Å². The first kappa shape index (κ1) is 18.0. The standard InChI is InChI=1S/C16H25N3O3/c1-5-17-16(21)19-15(20)12(4)18-11(3)13-8-7-9-14(10-13)22-6-2/h7-12,18H,5-6H2,1-4H3,(H2,17,19,20,21)/t11-,12+/m1/s1. The summed E-state index contributed by atoms with van der Waals surface area (Å²) in [7, 11) is 0. The first-order valence-corrected chi connectivity index (χ1v) is 7.55. The summed E-state index contributed by atoms with van der Waals surface area (Å²) < 4.78 is 5.47. The van der Waals surface area contributed by atoms with Gasteiger partial charge in [-0.3, -0.25) is 15.4 Å². The molecule has 0 unspecified atom stereocenters. The van der Waals surface area contributed by atoms with E-state index in [9.17, 15) is 9.59 Å². The minimum atomic E-state index is -0.492. The van der Waals surface area contributed by atoms with E-state index in [1.54, 1.807) is 13.8 Å². The van der Waals surface area contributed by atoms with Gasteiger partial charge in [-0.15, -0.1) is 0 Å². The van der Waals surface area contributed by atoms with E-state index in [1.165, 1.54) is 0 Å². The molecule has 1 aromatic rings. The molecular weight excluding hydrogens is 282 g/mol. The first-order valence-electron chi connectivity index (χ1n) is 7.55. The fraction of sp³-hybridized carbons (Fsp3) is 0.500. The number of hydrogen-bond acceptors (Lipinski definition) is 4. The third-order valence-electron chi connectivity index (χ3n) is 3.14. The number of carbonyl (C=O) groups excluding carboxylic acids is 2. The molecule has 22 heavy (non-hydrogen) atoms. The van der Waals surface area contributed by atoms with Crippen LogP contribution in [-0.4, -0.2) is 31.1 Å². The van der Waals surface area contributed by atoms with E-state index in [0.717, 1.165) is 11.3 Å². The Morgan fingerprint density at radius 1 is 1.23 bits per heavy atom. The van der Waals surface area contributed by atoms with Crippen molar-refractivity contribution in [3.8, 4) is 5.75 Å². The Bertz CT molecular complexity index is 505. The van der Waals surface area contributed by atoms with E-state index < -0.39 is 12.1 Å². The Labute approximate surface area is 131 Å². The van der Waals surface area contributed by atoms with E-state index in [4.69, 9.17) is 4.74 Å². The molecule has 0 aromatic heterocycles. The van der Waals surface area contributed by atoms with Crippen LogP contribution in [0.4, 0.5) is 4.79 Å². The molecule has 0 fully saturated rings. The van der Waals surface area contributed by atoms with Gasteiger partial charge in [-0.25, -0.2) is 4.79 Å². The van der Waals surface area contributed by atoms with Crippen LogP contribution in [0.2, 0.25) is 0 Å². The third kappa shape index (κ3) is 5.73. The second kappa shape index (κ2) is 9.04. The minimum Gasteiger partial charge on any atom is -0.494 e. The average molecular weight is 307 g/mol. The minimum absolute atomic E-state index is 0.0459. The highest BCUT2D eigenvalue weighted by atomic mass is 16.5. The van der Waals surface area contributed by atoms with Crippen molar-refractivity contribution in [1.29, 1.82) is 0 Å². The van der Waals surface area contributed by atoms with Crippen LogP contribution in [0.1, 0.15) is 39.3 Å². The zero-order chi connectivity index (χ0) is 16.5. The number of imide groups is 1. The fourth-order valence-corrected chi connectivity index (χ4v) is 2.01.